The van der Waals surface area contributed by atoms with Gasteiger partial charge in [-0.05, 0) is 6.07 Å². The van der Waals surface area contributed by atoms with Gasteiger partial charge in [0.25, 0.3) is 0 Å². The van der Waals surface area contributed by atoms with E-state index in [0.717, 1.165) is 18.3 Å². The Labute approximate surface area is 88.3 Å². The number of halogens is 3. The number of rotatable bonds is 3. The van der Waals surface area contributed by atoms with E-state index in [-0.39, 0.29) is 0 Å². The molecule has 9 heteroatoms. The zero-order valence-electron chi connectivity index (χ0n) is 7.71. The van der Waals surface area contributed by atoms with E-state index < -0.39 is 33.2 Å². The molecule has 0 saturated carbocycles. The third-order valence-electron chi connectivity index (χ3n) is 1.53. The molecule has 0 unspecified atom stereocenters. The van der Waals surface area contributed by atoms with Gasteiger partial charge in [-0.15, -0.1) is 0 Å². The number of hydrogen-bond acceptors (Lipinski definition) is 3. The number of H-pyrrole nitrogens is 1. The zero-order valence-corrected chi connectivity index (χ0v) is 8.52. The Balaban J connectivity index is 2.87. The molecule has 2 N–H and O–H groups in total. The Morgan fingerprint density at radius 1 is 1.31 bits per heavy atom. The summed E-state index contributed by atoms with van der Waals surface area (Å²) in [4.78, 5) is 12.2. The lowest BCUT2D eigenvalue weighted by molar-refractivity contribution is -0.121. The van der Waals surface area contributed by atoms with Gasteiger partial charge < -0.3 is 4.98 Å². The maximum absolute atomic E-state index is 11.8. The summed E-state index contributed by atoms with van der Waals surface area (Å²) in [7, 11) is -4.25. The Kier molecular flexibility index (Phi) is 3.38. The minimum atomic E-state index is -4.63. The lowest BCUT2D eigenvalue weighted by Gasteiger charge is -2.08. The first-order valence-corrected chi connectivity index (χ1v) is 5.44. The highest BCUT2D eigenvalue weighted by atomic mass is 32.2. The molecule has 90 valence electrons. The Morgan fingerprint density at radius 2 is 1.94 bits per heavy atom. The van der Waals surface area contributed by atoms with Gasteiger partial charge in [0.05, 0.1) is 4.90 Å². The van der Waals surface area contributed by atoms with E-state index in [0.29, 0.717) is 0 Å². The number of pyridine rings is 1. The fourth-order valence-electron chi connectivity index (χ4n) is 0.824. The third-order valence-corrected chi connectivity index (χ3v) is 2.93. The van der Waals surface area contributed by atoms with E-state index in [2.05, 4.69) is 0 Å². The number of alkyl halides is 3. The van der Waals surface area contributed by atoms with Gasteiger partial charge in [0.15, 0.2) is 0 Å². The van der Waals surface area contributed by atoms with Crippen molar-refractivity contribution < 1.29 is 21.6 Å². The van der Waals surface area contributed by atoms with Gasteiger partial charge in [0.2, 0.25) is 15.6 Å². The first kappa shape index (κ1) is 12.7. The van der Waals surface area contributed by atoms with Crippen molar-refractivity contribution in [2.75, 3.05) is 6.54 Å². The van der Waals surface area contributed by atoms with E-state index >= 15 is 0 Å². The van der Waals surface area contributed by atoms with Gasteiger partial charge in [-0.1, -0.05) is 0 Å². The van der Waals surface area contributed by atoms with Gasteiger partial charge >= 0.3 is 6.18 Å². The van der Waals surface area contributed by atoms with Crippen molar-refractivity contribution in [1.82, 2.24) is 9.71 Å². The molecule has 1 heterocycles. The van der Waals surface area contributed by atoms with Crippen molar-refractivity contribution >= 4 is 10.0 Å². The monoisotopic (exact) mass is 256 g/mol. The second-order valence-corrected chi connectivity index (χ2v) is 4.60. The number of aromatic nitrogens is 1. The molecule has 0 aromatic carbocycles. The Hall–Kier alpha value is -1.35. The van der Waals surface area contributed by atoms with Crippen LogP contribution in [0, 0.1) is 0 Å². The highest BCUT2D eigenvalue weighted by Gasteiger charge is 2.29. The Bertz CT molecular complexity index is 500. The van der Waals surface area contributed by atoms with Crippen LogP contribution in [0.5, 0.6) is 0 Å². The van der Waals surface area contributed by atoms with Gasteiger partial charge in [-0.3, -0.25) is 4.79 Å². The Morgan fingerprint density at radius 3 is 2.38 bits per heavy atom. The average molecular weight is 256 g/mol. The summed E-state index contributed by atoms with van der Waals surface area (Å²) in [5.74, 6) is 0. The lowest BCUT2D eigenvalue weighted by atomic mass is 10.5. The van der Waals surface area contributed by atoms with Gasteiger partial charge in [0.1, 0.15) is 6.54 Å². The first-order chi connectivity index (χ1) is 7.21. The van der Waals surface area contributed by atoms with Crippen LogP contribution in [0.4, 0.5) is 13.2 Å². The van der Waals surface area contributed by atoms with Gasteiger partial charge in [-0.25, -0.2) is 13.1 Å². The summed E-state index contributed by atoms with van der Waals surface area (Å²) in [6.07, 6.45) is -3.81. The van der Waals surface area contributed by atoms with Crippen molar-refractivity contribution in [2.45, 2.75) is 11.1 Å². The molecule has 1 rings (SSSR count). The van der Waals surface area contributed by atoms with Crippen molar-refractivity contribution in [3.05, 3.63) is 28.7 Å². The second-order valence-electron chi connectivity index (χ2n) is 2.83. The van der Waals surface area contributed by atoms with Crippen LogP contribution in [0.25, 0.3) is 0 Å². The van der Waals surface area contributed by atoms with E-state index in [9.17, 15) is 26.4 Å². The summed E-state index contributed by atoms with van der Waals surface area (Å²) in [6, 6.07) is 1.82. The molecule has 5 nitrogen and oxygen atoms in total. The molecular weight excluding hydrogens is 249 g/mol. The predicted molar refractivity (Wildman–Crippen MR) is 48.3 cm³/mol. The SMILES string of the molecule is O=c1ccc(S(=O)(=O)NCC(F)(F)F)c[nH]1. The van der Waals surface area contributed by atoms with Crippen molar-refractivity contribution in [3.63, 3.8) is 0 Å². The molecule has 0 saturated heterocycles. The van der Waals surface area contributed by atoms with Crippen LogP contribution in [0.2, 0.25) is 0 Å². The number of hydrogen-bond donors (Lipinski definition) is 2. The van der Waals surface area contributed by atoms with Crippen LogP contribution >= 0.6 is 0 Å². The summed E-state index contributed by atoms with van der Waals surface area (Å²) in [6.45, 7) is -1.66. The first-order valence-electron chi connectivity index (χ1n) is 3.96. The molecule has 0 aliphatic rings. The van der Waals surface area contributed by atoms with E-state index in [1.165, 1.54) is 4.72 Å². The summed E-state index contributed by atoms with van der Waals surface area (Å²) < 4.78 is 59.2. The number of sulfonamides is 1. The average Bonchev–Trinajstić information content (AvgIpc) is 2.15. The molecule has 1 aromatic heterocycles. The maximum Gasteiger partial charge on any atom is 0.402 e. The topological polar surface area (TPSA) is 79.0 Å². The highest BCUT2D eigenvalue weighted by molar-refractivity contribution is 7.89. The van der Waals surface area contributed by atoms with Crippen molar-refractivity contribution in [3.8, 4) is 0 Å². The lowest BCUT2D eigenvalue weighted by Crippen LogP contribution is -2.34. The molecule has 0 fully saturated rings. The van der Waals surface area contributed by atoms with Crippen LogP contribution in [0.15, 0.2) is 28.0 Å². The minimum absolute atomic E-state index is 0.434. The van der Waals surface area contributed by atoms with Gasteiger partial charge in [-0.2, -0.15) is 13.2 Å². The number of nitrogens with one attached hydrogen (secondary N) is 2. The smallest absolute Gasteiger partial charge is 0.328 e. The molecule has 0 spiro atoms. The fraction of sp³-hybridized carbons (Fsp3) is 0.286. The normalized spacial score (nSPS) is 12.7. The van der Waals surface area contributed by atoms with Crippen LogP contribution < -0.4 is 10.3 Å². The largest absolute Gasteiger partial charge is 0.402 e. The highest BCUT2D eigenvalue weighted by Crippen LogP contribution is 2.14. The molecule has 0 bridgehead atoms. The maximum atomic E-state index is 11.8. The van der Waals surface area contributed by atoms with E-state index in [1.54, 1.807) is 0 Å². The van der Waals surface area contributed by atoms with Crippen LogP contribution in [0.1, 0.15) is 0 Å². The summed E-state index contributed by atoms with van der Waals surface area (Å²) in [5, 5.41) is 0. The molecule has 0 aliphatic heterocycles. The van der Waals surface area contributed by atoms with E-state index in [4.69, 9.17) is 0 Å². The fourth-order valence-corrected chi connectivity index (χ4v) is 1.81. The quantitative estimate of drug-likeness (QED) is 0.811. The number of aromatic amines is 1. The predicted octanol–water partition coefficient (Wildman–Crippen LogP) is 0.215. The third kappa shape index (κ3) is 3.66. The summed E-state index contributed by atoms with van der Waals surface area (Å²) in [5.41, 5.74) is -0.547. The molecular formula is C7H7F3N2O3S. The molecule has 0 atom stereocenters. The molecule has 16 heavy (non-hydrogen) atoms. The molecule has 0 amide bonds. The van der Waals surface area contributed by atoms with Crippen molar-refractivity contribution in [1.29, 1.82) is 0 Å². The summed E-state index contributed by atoms with van der Waals surface area (Å²) >= 11 is 0. The second kappa shape index (κ2) is 4.26. The standard InChI is InChI=1S/C7H7F3N2O3S/c8-7(9,10)4-12-16(14,15)5-1-2-6(13)11-3-5/h1-3,12H,4H2,(H,11,13). The van der Waals surface area contributed by atoms with Crippen LogP contribution in [0.3, 0.4) is 0 Å². The minimum Gasteiger partial charge on any atom is -0.328 e. The van der Waals surface area contributed by atoms with Crippen LogP contribution in [-0.4, -0.2) is 26.1 Å². The van der Waals surface area contributed by atoms with E-state index in [1.807, 2.05) is 4.98 Å². The molecule has 1 aromatic rings. The zero-order chi connectivity index (χ0) is 12.4. The van der Waals surface area contributed by atoms with Crippen LogP contribution in [-0.2, 0) is 10.0 Å². The van der Waals surface area contributed by atoms with Gasteiger partial charge in [0, 0.05) is 12.3 Å². The van der Waals surface area contributed by atoms with Crippen molar-refractivity contribution in [2.24, 2.45) is 0 Å². The molecule has 0 aliphatic carbocycles. The molecule has 0 radical (unpaired) electrons.